The van der Waals surface area contributed by atoms with Crippen LogP contribution in [0.2, 0.25) is 0 Å². The molecular weight excluding hydrogens is 522 g/mol. The van der Waals surface area contributed by atoms with Crippen molar-refractivity contribution < 1.29 is 19.6 Å². The molecule has 0 heterocycles. The van der Waals surface area contributed by atoms with E-state index in [2.05, 4.69) is 34.4 Å². The van der Waals surface area contributed by atoms with Crippen LogP contribution in [0.25, 0.3) is 0 Å². The second kappa shape index (κ2) is 28.9. The number of rotatable bonds is 26. The van der Waals surface area contributed by atoms with Gasteiger partial charge in [-0.3, -0.25) is 24.6 Å². The van der Waals surface area contributed by atoms with Crippen LogP contribution >= 0.6 is 0 Å². The average molecular weight is 584 g/mol. The van der Waals surface area contributed by atoms with Crippen molar-refractivity contribution >= 4 is 17.7 Å². The Morgan fingerprint density at radius 2 is 1.15 bits per heavy atom. The number of hydrogen-bond donors (Lipinski definition) is 6. The molecule has 0 saturated heterocycles. The lowest BCUT2D eigenvalue weighted by Gasteiger charge is -2.17. The molecular formula is C30H61N7O4. The number of hydroxylamine groups is 2. The molecule has 0 aromatic heterocycles. The van der Waals surface area contributed by atoms with Crippen LogP contribution in [0.5, 0.6) is 0 Å². The minimum Gasteiger partial charge on any atom is -0.389 e. The molecule has 0 rings (SSSR count). The van der Waals surface area contributed by atoms with E-state index in [4.69, 9.17) is 5.84 Å². The Bertz CT molecular complexity index is 719. The molecule has 0 atom stereocenters. The first-order valence-corrected chi connectivity index (χ1v) is 15.4. The SMILES string of the molecule is C=C(CCC(=O)NCCCCCNC)NCCCCCN(N)C(=O)CCC(=C)NCCCCCN(O)C(C)=O.CC. The number of hydrazine groups is 1. The van der Waals surface area contributed by atoms with Gasteiger partial charge in [0.15, 0.2) is 0 Å². The fourth-order valence-electron chi connectivity index (χ4n) is 3.72. The fourth-order valence-corrected chi connectivity index (χ4v) is 3.72. The van der Waals surface area contributed by atoms with Crippen molar-refractivity contribution in [3.05, 3.63) is 24.6 Å². The summed E-state index contributed by atoms with van der Waals surface area (Å²) in [6, 6.07) is 0. The third kappa shape index (κ3) is 27.3. The third-order valence-corrected chi connectivity index (χ3v) is 6.28. The number of allylic oxidation sites excluding steroid dienone is 2. The zero-order valence-corrected chi connectivity index (χ0v) is 26.5. The number of amides is 3. The van der Waals surface area contributed by atoms with E-state index in [-0.39, 0.29) is 17.7 Å². The Balaban J connectivity index is 0. The Labute approximate surface area is 249 Å². The van der Waals surface area contributed by atoms with Crippen molar-refractivity contribution in [3.63, 3.8) is 0 Å². The summed E-state index contributed by atoms with van der Waals surface area (Å²) in [5.74, 6) is 5.52. The van der Waals surface area contributed by atoms with Crippen LogP contribution in [0.15, 0.2) is 24.6 Å². The fraction of sp³-hybridized carbons (Fsp3) is 0.767. The van der Waals surface area contributed by atoms with Crippen molar-refractivity contribution in [2.24, 2.45) is 5.84 Å². The largest absolute Gasteiger partial charge is 0.389 e. The number of nitrogens with two attached hydrogens (primary N) is 1. The predicted octanol–water partition coefficient (Wildman–Crippen LogP) is 3.57. The molecule has 7 N–H and O–H groups in total. The first-order valence-electron chi connectivity index (χ1n) is 15.4. The molecule has 41 heavy (non-hydrogen) atoms. The van der Waals surface area contributed by atoms with Gasteiger partial charge in [-0.15, -0.1) is 0 Å². The Morgan fingerprint density at radius 1 is 0.683 bits per heavy atom. The van der Waals surface area contributed by atoms with Crippen molar-refractivity contribution in [1.82, 2.24) is 31.3 Å². The summed E-state index contributed by atoms with van der Waals surface area (Å²) in [4.78, 5) is 35.1. The average Bonchev–Trinajstić information content (AvgIpc) is 2.96. The van der Waals surface area contributed by atoms with Crippen LogP contribution in [0, 0.1) is 0 Å². The lowest BCUT2D eigenvalue weighted by atomic mass is 10.2. The van der Waals surface area contributed by atoms with E-state index in [0.717, 1.165) is 100 Å². The Kier molecular flexibility index (Phi) is 28.5. The van der Waals surface area contributed by atoms with Gasteiger partial charge in [0.2, 0.25) is 17.7 Å². The van der Waals surface area contributed by atoms with Gasteiger partial charge in [0.25, 0.3) is 0 Å². The zero-order valence-electron chi connectivity index (χ0n) is 26.5. The molecule has 0 aliphatic heterocycles. The van der Waals surface area contributed by atoms with Crippen LogP contribution in [-0.4, -0.2) is 79.3 Å². The van der Waals surface area contributed by atoms with Crippen LogP contribution in [0.1, 0.15) is 104 Å². The van der Waals surface area contributed by atoms with Gasteiger partial charge in [-0.25, -0.2) is 10.9 Å². The summed E-state index contributed by atoms with van der Waals surface area (Å²) in [6.45, 7) is 17.4. The van der Waals surface area contributed by atoms with E-state index in [1.54, 1.807) is 0 Å². The van der Waals surface area contributed by atoms with Crippen LogP contribution in [0.3, 0.4) is 0 Å². The molecule has 11 heteroatoms. The summed E-state index contributed by atoms with van der Waals surface area (Å²) in [5, 5.41) is 23.9. The van der Waals surface area contributed by atoms with Gasteiger partial charge >= 0.3 is 0 Å². The number of nitrogens with one attached hydrogen (secondary N) is 4. The van der Waals surface area contributed by atoms with Crippen LogP contribution in [-0.2, 0) is 14.4 Å². The normalized spacial score (nSPS) is 10.2. The summed E-state index contributed by atoms with van der Waals surface area (Å²) in [5.41, 5.74) is 1.67. The summed E-state index contributed by atoms with van der Waals surface area (Å²) >= 11 is 0. The second-order valence-corrected chi connectivity index (χ2v) is 9.93. The lowest BCUT2D eigenvalue weighted by Crippen LogP contribution is -2.38. The third-order valence-electron chi connectivity index (χ3n) is 6.28. The van der Waals surface area contributed by atoms with Gasteiger partial charge in [-0.2, -0.15) is 0 Å². The molecule has 0 spiro atoms. The molecule has 0 bridgehead atoms. The van der Waals surface area contributed by atoms with E-state index in [1.165, 1.54) is 11.9 Å². The highest BCUT2D eigenvalue weighted by Crippen LogP contribution is 2.05. The first-order chi connectivity index (χ1) is 19.7. The van der Waals surface area contributed by atoms with Gasteiger partial charge in [-0.1, -0.05) is 33.4 Å². The topological polar surface area (TPSA) is 152 Å². The van der Waals surface area contributed by atoms with Gasteiger partial charge in [0.05, 0.1) is 0 Å². The van der Waals surface area contributed by atoms with E-state index in [0.29, 0.717) is 38.8 Å². The number of carbonyl (C=O) groups is 3. The maximum absolute atomic E-state index is 12.3. The molecule has 0 fully saturated rings. The maximum Gasteiger partial charge on any atom is 0.242 e. The molecule has 0 aromatic carbocycles. The first kappa shape index (κ1) is 40.5. The number of unbranched alkanes of at least 4 members (excludes halogenated alkanes) is 6. The monoisotopic (exact) mass is 583 g/mol. The smallest absolute Gasteiger partial charge is 0.242 e. The van der Waals surface area contributed by atoms with E-state index < -0.39 is 0 Å². The van der Waals surface area contributed by atoms with Gasteiger partial charge in [0.1, 0.15) is 0 Å². The molecule has 11 nitrogen and oxygen atoms in total. The van der Waals surface area contributed by atoms with Crippen LogP contribution in [0.4, 0.5) is 0 Å². The summed E-state index contributed by atoms with van der Waals surface area (Å²) in [7, 11) is 1.94. The van der Waals surface area contributed by atoms with Gasteiger partial charge < -0.3 is 21.3 Å². The summed E-state index contributed by atoms with van der Waals surface area (Å²) in [6.07, 6.45) is 10.3. The van der Waals surface area contributed by atoms with Crippen molar-refractivity contribution in [2.45, 2.75) is 104 Å². The van der Waals surface area contributed by atoms with Gasteiger partial charge in [0, 0.05) is 63.9 Å². The van der Waals surface area contributed by atoms with E-state index >= 15 is 0 Å². The molecule has 0 radical (unpaired) electrons. The lowest BCUT2D eigenvalue weighted by molar-refractivity contribution is -0.162. The highest BCUT2D eigenvalue weighted by Gasteiger charge is 2.10. The molecule has 0 saturated carbocycles. The summed E-state index contributed by atoms with van der Waals surface area (Å²) < 4.78 is 0. The predicted molar refractivity (Wildman–Crippen MR) is 168 cm³/mol. The zero-order chi connectivity index (χ0) is 31.3. The van der Waals surface area contributed by atoms with Crippen LogP contribution < -0.4 is 27.1 Å². The van der Waals surface area contributed by atoms with Crippen molar-refractivity contribution in [1.29, 1.82) is 0 Å². The number of carbonyl (C=O) groups excluding carboxylic acids is 3. The molecule has 3 amide bonds. The standard InChI is InChI=1S/C28H55N7O4.C2H6/c1-24(14-16-27(37)33-21-9-5-8-18-30-4)31-19-10-6-12-22-34(29)28(38)17-15-25(2)32-20-11-7-13-23-35(39)26(3)36;1-2/h30-32,39H,1-2,5-23,29H2,3-4H3,(H,33,37);1-2H3. The van der Waals surface area contributed by atoms with E-state index in [1.807, 2.05) is 20.9 Å². The second-order valence-electron chi connectivity index (χ2n) is 9.93. The minimum absolute atomic E-state index is 0.0659. The highest BCUT2D eigenvalue weighted by atomic mass is 16.5. The quantitative estimate of drug-likeness (QED) is 0.0297. The Morgan fingerprint density at radius 3 is 1.68 bits per heavy atom. The highest BCUT2D eigenvalue weighted by molar-refractivity contribution is 5.76. The minimum atomic E-state index is -0.352. The van der Waals surface area contributed by atoms with Gasteiger partial charge in [-0.05, 0) is 77.8 Å². The molecule has 0 aliphatic carbocycles. The maximum atomic E-state index is 12.3. The number of hydrogen-bond acceptors (Lipinski definition) is 8. The number of nitrogens with zero attached hydrogens (tertiary/aromatic N) is 2. The molecule has 0 aliphatic rings. The molecule has 0 unspecified atom stereocenters. The van der Waals surface area contributed by atoms with E-state index in [9.17, 15) is 19.6 Å². The van der Waals surface area contributed by atoms with Crippen molar-refractivity contribution in [2.75, 3.05) is 46.3 Å². The Hall–Kier alpha value is -2.63. The molecule has 0 aromatic rings. The molecule has 240 valence electrons. The van der Waals surface area contributed by atoms with Crippen molar-refractivity contribution in [3.8, 4) is 0 Å².